The molecule has 204 valence electrons. The Morgan fingerprint density at radius 2 is 1.17 bits per heavy atom. The molecule has 0 saturated heterocycles. The van der Waals surface area contributed by atoms with Gasteiger partial charge in [0.1, 0.15) is 18.1 Å². The minimum absolute atomic E-state index is 0.0383. The van der Waals surface area contributed by atoms with Gasteiger partial charge in [-0.05, 0) is 38.6 Å². The fourth-order valence-electron chi connectivity index (χ4n) is 2.95. The molecule has 0 rings (SSSR count). The average Bonchev–Trinajstić information content (AvgIpc) is 2.77. The van der Waals surface area contributed by atoms with Crippen LogP contribution in [-0.4, -0.2) is 87.6 Å². The molecule has 0 aromatic rings. The summed E-state index contributed by atoms with van der Waals surface area (Å²) in [6.07, 6.45) is -1.52. The van der Waals surface area contributed by atoms with Gasteiger partial charge in [0.05, 0.1) is 12.5 Å². The third kappa shape index (κ3) is 13.8. The summed E-state index contributed by atoms with van der Waals surface area (Å²) in [7, 11) is 0. The lowest BCUT2D eigenvalue weighted by molar-refractivity contribution is -0.143. The maximum absolute atomic E-state index is 12.8. The Kier molecular flexibility index (Phi) is 15.0. The maximum Gasteiger partial charge on any atom is 0.326 e. The maximum atomic E-state index is 12.8. The van der Waals surface area contributed by atoms with Crippen molar-refractivity contribution in [3.63, 3.8) is 0 Å². The van der Waals surface area contributed by atoms with Gasteiger partial charge in [0, 0.05) is 12.8 Å². The zero-order chi connectivity index (χ0) is 27.8. The van der Waals surface area contributed by atoms with E-state index >= 15 is 0 Å². The van der Waals surface area contributed by atoms with E-state index in [1.165, 1.54) is 0 Å². The summed E-state index contributed by atoms with van der Waals surface area (Å²) in [4.78, 5) is 82.2. The van der Waals surface area contributed by atoms with E-state index in [4.69, 9.17) is 27.4 Å². The van der Waals surface area contributed by atoms with E-state index in [0.29, 0.717) is 19.4 Å². The molecule has 36 heavy (non-hydrogen) atoms. The quantitative estimate of drug-likeness (QED) is 0.0755. The summed E-state index contributed by atoms with van der Waals surface area (Å²) in [5.41, 5.74) is 15.9. The minimum atomic E-state index is -1.53. The molecule has 4 amide bonds. The number of carbonyl (C=O) groups is 7. The number of amides is 4. The van der Waals surface area contributed by atoms with Crippen molar-refractivity contribution < 1.29 is 48.9 Å². The Morgan fingerprint density at radius 3 is 1.61 bits per heavy atom. The lowest BCUT2D eigenvalue weighted by atomic mass is 10.0. The Hall–Kier alpha value is -3.79. The lowest BCUT2D eigenvalue weighted by Crippen LogP contribution is -2.57. The number of nitrogens with two attached hydrogens (primary N) is 3. The van der Waals surface area contributed by atoms with Crippen molar-refractivity contribution in [3.8, 4) is 0 Å². The number of carboxylic acids is 3. The molecule has 0 saturated carbocycles. The molecule has 0 heterocycles. The van der Waals surface area contributed by atoms with Gasteiger partial charge in [0.25, 0.3) is 0 Å². The van der Waals surface area contributed by atoms with Gasteiger partial charge >= 0.3 is 17.9 Å². The van der Waals surface area contributed by atoms with Crippen LogP contribution in [0.4, 0.5) is 0 Å². The Bertz CT molecular complexity index is 821. The first-order chi connectivity index (χ1) is 16.8. The van der Waals surface area contributed by atoms with E-state index in [-0.39, 0.29) is 19.3 Å². The lowest BCUT2D eigenvalue weighted by Gasteiger charge is -2.25. The highest BCUT2D eigenvalue weighted by molar-refractivity contribution is 5.95. The smallest absolute Gasteiger partial charge is 0.326 e. The highest BCUT2D eigenvalue weighted by atomic mass is 16.4. The van der Waals surface area contributed by atoms with E-state index in [9.17, 15) is 38.7 Å². The average molecular weight is 519 g/mol. The molecule has 16 nitrogen and oxygen atoms in total. The standard InChI is InChI=1S/C20H34N6O10/c21-8-2-1-3-13(20(35)36)26-19(34)12(5-7-15(28)29)25-18(33)11(4-6-14(23)27)24-17(32)10(22)9-16(30)31/h10-13H,1-9,21-22H2,(H2,23,27)(H,24,32)(H,25,33)(H,26,34)(H,28,29)(H,30,31)(H,35,36). The number of carboxylic acid groups (broad SMARTS) is 3. The van der Waals surface area contributed by atoms with Gasteiger partial charge < -0.3 is 48.5 Å². The summed E-state index contributed by atoms with van der Waals surface area (Å²) in [6.45, 7) is 0.312. The first kappa shape index (κ1) is 32.2. The zero-order valence-corrected chi connectivity index (χ0v) is 19.6. The van der Waals surface area contributed by atoms with Crippen LogP contribution in [0.2, 0.25) is 0 Å². The van der Waals surface area contributed by atoms with Gasteiger partial charge in [0.2, 0.25) is 23.6 Å². The van der Waals surface area contributed by atoms with Gasteiger partial charge in [-0.1, -0.05) is 0 Å². The van der Waals surface area contributed by atoms with Crippen molar-refractivity contribution in [2.45, 2.75) is 75.5 Å². The van der Waals surface area contributed by atoms with Crippen molar-refractivity contribution in [2.75, 3.05) is 6.54 Å². The Balaban J connectivity index is 5.61. The van der Waals surface area contributed by atoms with E-state index in [2.05, 4.69) is 16.0 Å². The van der Waals surface area contributed by atoms with Crippen molar-refractivity contribution in [2.24, 2.45) is 17.2 Å². The summed E-state index contributed by atoms with van der Waals surface area (Å²) < 4.78 is 0. The molecule has 16 heteroatoms. The number of hydrogen-bond donors (Lipinski definition) is 9. The molecule has 0 radical (unpaired) electrons. The molecule has 0 aromatic carbocycles. The summed E-state index contributed by atoms with van der Waals surface area (Å²) >= 11 is 0. The van der Waals surface area contributed by atoms with E-state index in [1.54, 1.807) is 0 Å². The summed E-state index contributed by atoms with van der Waals surface area (Å²) in [6, 6.07) is -5.84. The molecule has 0 bridgehead atoms. The van der Waals surface area contributed by atoms with Gasteiger partial charge in [-0.25, -0.2) is 4.79 Å². The SMILES string of the molecule is NCCCCC(NC(=O)C(CCC(=O)O)NC(=O)C(CCC(N)=O)NC(=O)C(N)CC(=O)O)C(=O)O. The normalized spacial score (nSPS) is 13.9. The molecule has 4 atom stereocenters. The van der Waals surface area contributed by atoms with Crippen LogP contribution in [0.1, 0.15) is 51.4 Å². The van der Waals surface area contributed by atoms with Crippen LogP contribution in [0, 0.1) is 0 Å². The van der Waals surface area contributed by atoms with Crippen molar-refractivity contribution in [1.82, 2.24) is 16.0 Å². The predicted octanol–water partition coefficient (Wildman–Crippen LogP) is -3.41. The second kappa shape index (κ2) is 16.8. The van der Waals surface area contributed by atoms with Gasteiger partial charge in [-0.15, -0.1) is 0 Å². The van der Waals surface area contributed by atoms with E-state index in [0.717, 1.165) is 0 Å². The molecule has 0 fully saturated rings. The second-order valence-electron chi connectivity index (χ2n) is 7.95. The third-order valence-electron chi connectivity index (χ3n) is 4.89. The molecular weight excluding hydrogens is 484 g/mol. The number of rotatable bonds is 19. The molecular formula is C20H34N6O10. The highest BCUT2D eigenvalue weighted by Crippen LogP contribution is 2.06. The first-order valence-corrected chi connectivity index (χ1v) is 11.1. The zero-order valence-electron chi connectivity index (χ0n) is 19.6. The molecule has 0 aliphatic heterocycles. The number of hydrogen-bond acceptors (Lipinski definition) is 9. The van der Waals surface area contributed by atoms with Gasteiger partial charge in [0.15, 0.2) is 0 Å². The Labute approximate surface area is 206 Å². The van der Waals surface area contributed by atoms with Crippen LogP contribution in [0.3, 0.4) is 0 Å². The largest absolute Gasteiger partial charge is 0.481 e. The topological polar surface area (TPSA) is 294 Å². The molecule has 0 aliphatic rings. The van der Waals surface area contributed by atoms with Crippen LogP contribution in [0.5, 0.6) is 0 Å². The summed E-state index contributed by atoms with van der Waals surface area (Å²) in [5, 5.41) is 33.8. The van der Waals surface area contributed by atoms with E-state index < -0.39 is 85.0 Å². The van der Waals surface area contributed by atoms with Crippen LogP contribution < -0.4 is 33.2 Å². The van der Waals surface area contributed by atoms with Gasteiger partial charge in [-0.2, -0.15) is 0 Å². The Morgan fingerprint density at radius 1 is 0.667 bits per heavy atom. The van der Waals surface area contributed by atoms with Crippen LogP contribution in [0.25, 0.3) is 0 Å². The first-order valence-electron chi connectivity index (χ1n) is 11.1. The summed E-state index contributed by atoms with van der Waals surface area (Å²) in [5.74, 6) is -7.86. The van der Waals surface area contributed by atoms with Crippen LogP contribution in [0.15, 0.2) is 0 Å². The van der Waals surface area contributed by atoms with E-state index in [1.807, 2.05) is 0 Å². The molecule has 4 unspecified atom stereocenters. The van der Waals surface area contributed by atoms with Gasteiger partial charge in [-0.3, -0.25) is 28.8 Å². The number of aliphatic carboxylic acids is 3. The highest BCUT2D eigenvalue weighted by Gasteiger charge is 2.31. The number of nitrogens with one attached hydrogen (secondary N) is 3. The van der Waals surface area contributed by atoms with Crippen LogP contribution >= 0.6 is 0 Å². The molecule has 0 aromatic heterocycles. The third-order valence-corrected chi connectivity index (χ3v) is 4.89. The van der Waals surface area contributed by atoms with Crippen LogP contribution in [-0.2, 0) is 33.6 Å². The molecule has 0 aliphatic carbocycles. The number of unbranched alkanes of at least 4 members (excludes halogenated alkanes) is 1. The fourth-order valence-corrected chi connectivity index (χ4v) is 2.95. The van der Waals surface area contributed by atoms with Crippen molar-refractivity contribution in [1.29, 1.82) is 0 Å². The van der Waals surface area contributed by atoms with Crippen molar-refractivity contribution in [3.05, 3.63) is 0 Å². The number of primary amides is 1. The second-order valence-corrected chi connectivity index (χ2v) is 7.95. The monoisotopic (exact) mass is 518 g/mol. The fraction of sp³-hybridized carbons (Fsp3) is 0.650. The predicted molar refractivity (Wildman–Crippen MR) is 122 cm³/mol. The number of carbonyl (C=O) groups excluding carboxylic acids is 4. The molecule has 12 N–H and O–H groups in total. The minimum Gasteiger partial charge on any atom is -0.481 e. The molecule has 0 spiro atoms. The van der Waals surface area contributed by atoms with Crippen molar-refractivity contribution >= 4 is 41.5 Å².